The van der Waals surface area contributed by atoms with Gasteiger partial charge in [0.1, 0.15) is 12.3 Å². The first-order valence-electron chi connectivity index (χ1n) is 11.2. The molecule has 0 radical (unpaired) electrons. The van der Waals surface area contributed by atoms with Crippen LogP contribution in [0.15, 0.2) is 88.9 Å². The van der Waals surface area contributed by atoms with E-state index in [9.17, 15) is 18.0 Å². The molecular formula is C26H28N4O5S. The minimum Gasteiger partial charge on any atom is -0.492 e. The van der Waals surface area contributed by atoms with Crippen LogP contribution in [0.25, 0.3) is 0 Å². The summed E-state index contributed by atoms with van der Waals surface area (Å²) in [7, 11) is -4.09. The summed E-state index contributed by atoms with van der Waals surface area (Å²) in [5, 5.41) is 6.82. The van der Waals surface area contributed by atoms with Crippen LogP contribution >= 0.6 is 0 Å². The molecule has 0 unspecified atom stereocenters. The van der Waals surface area contributed by atoms with Crippen molar-refractivity contribution in [1.29, 1.82) is 0 Å². The van der Waals surface area contributed by atoms with Gasteiger partial charge in [-0.25, -0.2) is 13.8 Å². The summed E-state index contributed by atoms with van der Waals surface area (Å²) in [5.74, 6) is -0.512. The third-order valence-electron chi connectivity index (χ3n) is 5.00. The van der Waals surface area contributed by atoms with Crippen LogP contribution in [-0.2, 0) is 19.6 Å². The first-order valence-corrected chi connectivity index (χ1v) is 12.7. The Hall–Kier alpha value is -4.18. The van der Waals surface area contributed by atoms with Gasteiger partial charge in [0.05, 0.1) is 22.9 Å². The topological polar surface area (TPSA) is 117 Å². The molecule has 2 N–H and O–H groups in total. The Morgan fingerprint density at radius 1 is 0.944 bits per heavy atom. The lowest BCUT2D eigenvalue weighted by molar-refractivity contribution is -0.119. The Labute approximate surface area is 210 Å². The molecule has 0 bridgehead atoms. The molecule has 3 rings (SSSR count). The van der Waals surface area contributed by atoms with Crippen molar-refractivity contribution in [3.8, 4) is 5.75 Å². The van der Waals surface area contributed by atoms with E-state index in [0.717, 1.165) is 4.31 Å². The second-order valence-corrected chi connectivity index (χ2v) is 9.58. The molecule has 0 fully saturated rings. The van der Waals surface area contributed by atoms with Crippen molar-refractivity contribution in [3.05, 3.63) is 84.4 Å². The number of ether oxygens (including phenoxy) is 1. The molecule has 3 aromatic rings. The summed E-state index contributed by atoms with van der Waals surface area (Å²) in [6.07, 6.45) is 0. The fraction of sp³-hybridized carbons (Fsp3) is 0.192. The lowest BCUT2D eigenvalue weighted by Gasteiger charge is -2.25. The van der Waals surface area contributed by atoms with Crippen molar-refractivity contribution in [2.75, 3.05) is 22.8 Å². The maximum atomic E-state index is 13.5. The van der Waals surface area contributed by atoms with Gasteiger partial charge in [0.15, 0.2) is 0 Å². The number of rotatable bonds is 10. The molecule has 188 valence electrons. The summed E-state index contributed by atoms with van der Waals surface area (Å²) < 4.78 is 33.7. The number of anilines is 2. The Morgan fingerprint density at radius 3 is 2.33 bits per heavy atom. The maximum absolute atomic E-state index is 13.5. The number of nitrogens with zero attached hydrogens (tertiary/aromatic N) is 2. The van der Waals surface area contributed by atoms with Crippen molar-refractivity contribution < 1.29 is 22.7 Å². The van der Waals surface area contributed by atoms with E-state index >= 15 is 0 Å². The zero-order chi connectivity index (χ0) is 26.1. The molecule has 36 heavy (non-hydrogen) atoms. The molecule has 0 aromatic heterocycles. The number of carbonyl (C=O) groups is 2. The lowest BCUT2D eigenvalue weighted by Crippen LogP contribution is -2.40. The Kier molecular flexibility index (Phi) is 8.80. The van der Waals surface area contributed by atoms with E-state index in [1.807, 2.05) is 0 Å². The number of carbonyl (C=O) groups excluding carboxylic acids is 2. The second kappa shape index (κ2) is 12.0. The standard InChI is InChI=1S/C26H28N4O5S/c1-4-35-25-16-9-8-15-24(25)30(36(33,34)23-13-6-5-7-14-23)18-26(32)29-28-19(2)21-11-10-12-22(17-21)27-20(3)31/h5-17H,4,18H2,1-3H3,(H,27,31)(H,29,32)/b28-19+. The molecule has 0 spiro atoms. The van der Waals surface area contributed by atoms with E-state index in [1.54, 1.807) is 80.6 Å². The van der Waals surface area contributed by atoms with Crippen LogP contribution in [0, 0.1) is 0 Å². The third-order valence-corrected chi connectivity index (χ3v) is 6.78. The fourth-order valence-electron chi connectivity index (χ4n) is 3.36. The van der Waals surface area contributed by atoms with Gasteiger partial charge in [0, 0.05) is 12.6 Å². The van der Waals surface area contributed by atoms with Crippen molar-refractivity contribution in [1.82, 2.24) is 5.43 Å². The van der Waals surface area contributed by atoms with Crippen LogP contribution in [0.4, 0.5) is 11.4 Å². The Bertz CT molecular complexity index is 1360. The lowest BCUT2D eigenvalue weighted by atomic mass is 10.1. The summed E-state index contributed by atoms with van der Waals surface area (Å²) in [4.78, 5) is 24.3. The smallest absolute Gasteiger partial charge is 0.264 e. The normalized spacial score (nSPS) is 11.5. The van der Waals surface area contributed by atoms with Crippen LogP contribution in [0.1, 0.15) is 26.3 Å². The van der Waals surface area contributed by atoms with E-state index in [1.165, 1.54) is 19.1 Å². The average Bonchev–Trinajstić information content (AvgIpc) is 2.87. The first-order chi connectivity index (χ1) is 17.2. The van der Waals surface area contributed by atoms with Crippen molar-refractivity contribution in [2.24, 2.45) is 5.10 Å². The van der Waals surface area contributed by atoms with Gasteiger partial charge in [0.25, 0.3) is 15.9 Å². The Morgan fingerprint density at radius 2 is 1.64 bits per heavy atom. The van der Waals surface area contributed by atoms with Crippen LogP contribution in [0.2, 0.25) is 0 Å². The molecule has 10 heteroatoms. The zero-order valence-corrected chi connectivity index (χ0v) is 21.1. The molecule has 2 amide bonds. The van der Waals surface area contributed by atoms with E-state index in [2.05, 4.69) is 15.8 Å². The number of amides is 2. The number of para-hydroxylation sites is 2. The van der Waals surface area contributed by atoms with E-state index in [4.69, 9.17) is 4.74 Å². The Balaban J connectivity index is 1.88. The van der Waals surface area contributed by atoms with Gasteiger partial charge >= 0.3 is 0 Å². The van der Waals surface area contributed by atoms with Gasteiger partial charge < -0.3 is 10.1 Å². The molecule has 0 saturated carbocycles. The summed E-state index contributed by atoms with van der Waals surface area (Å²) in [6, 6.07) is 21.5. The average molecular weight is 509 g/mol. The molecule has 0 aliphatic rings. The first kappa shape index (κ1) is 26.4. The van der Waals surface area contributed by atoms with Crippen molar-refractivity contribution in [2.45, 2.75) is 25.7 Å². The number of hydrogen-bond donors (Lipinski definition) is 2. The van der Waals surface area contributed by atoms with Gasteiger partial charge in [-0.15, -0.1) is 0 Å². The van der Waals surface area contributed by atoms with Crippen molar-refractivity contribution >= 4 is 38.9 Å². The van der Waals surface area contributed by atoms with Crippen molar-refractivity contribution in [3.63, 3.8) is 0 Å². The van der Waals surface area contributed by atoms with Gasteiger partial charge in [-0.1, -0.05) is 42.5 Å². The summed E-state index contributed by atoms with van der Waals surface area (Å²) in [5.41, 5.74) is 4.41. The minimum absolute atomic E-state index is 0.0403. The monoisotopic (exact) mass is 508 g/mol. The molecule has 3 aromatic carbocycles. The maximum Gasteiger partial charge on any atom is 0.264 e. The largest absolute Gasteiger partial charge is 0.492 e. The van der Waals surface area contributed by atoms with Crippen LogP contribution in [-0.4, -0.2) is 39.1 Å². The minimum atomic E-state index is -4.09. The van der Waals surface area contributed by atoms with E-state index in [0.29, 0.717) is 29.3 Å². The van der Waals surface area contributed by atoms with E-state index < -0.39 is 22.5 Å². The second-order valence-electron chi connectivity index (χ2n) is 7.72. The summed E-state index contributed by atoms with van der Waals surface area (Å²) >= 11 is 0. The number of sulfonamides is 1. The van der Waals surface area contributed by atoms with Gasteiger partial charge in [-0.2, -0.15) is 5.10 Å². The van der Waals surface area contributed by atoms with Gasteiger partial charge in [-0.3, -0.25) is 13.9 Å². The highest BCUT2D eigenvalue weighted by molar-refractivity contribution is 7.92. The molecule has 0 aliphatic carbocycles. The molecule has 0 aliphatic heterocycles. The van der Waals surface area contributed by atoms with Gasteiger partial charge in [0.2, 0.25) is 5.91 Å². The highest BCUT2D eigenvalue weighted by Gasteiger charge is 2.29. The predicted octanol–water partition coefficient (Wildman–Crippen LogP) is 3.78. The third kappa shape index (κ3) is 6.70. The van der Waals surface area contributed by atoms with Crippen LogP contribution < -0.4 is 19.8 Å². The molecule has 0 atom stereocenters. The quantitative estimate of drug-likeness (QED) is 0.319. The predicted molar refractivity (Wildman–Crippen MR) is 140 cm³/mol. The highest BCUT2D eigenvalue weighted by atomic mass is 32.2. The number of nitrogens with one attached hydrogen (secondary N) is 2. The molecule has 0 heterocycles. The van der Waals surface area contributed by atoms with Gasteiger partial charge in [-0.05, 0) is 55.8 Å². The SMILES string of the molecule is CCOc1ccccc1N(CC(=O)N/N=C(\C)c1cccc(NC(C)=O)c1)S(=O)(=O)c1ccccc1. The fourth-order valence-corrected chi connectivity index (χ4v) is 4.81. The van der Waals surface area contributed by atoms with E-state index in [-0.39, 0.29) is 16.5 Å². The molecular weight excluding hydrogens is 480 g/mol. The van der Waals surface area contributed by atoms with Crippen LogP contribution in [0.5, 0.6) is 5.75 Å². The zero-order valence-electron chi connectivity index (χ0n) is 20.3. The van der Waals surface area contributed by atoms with Crippen LogP contribution in [0.3, 0.4) is 0 Å². The molecule has 0 saturated heterocycles. The summed E-state index contributed by atoms with van der Waals surface area (Å²) in [6.45, 7) is 4.69. The number of hydrazone groups is 1. The highest BCUT2D eigenvalue weighted by Crippen LogP contribution is 2.32. The number of benzene rings is 3. The molecule has 9 nitrogen and oxygen atoms in total. The number of hydrogen-bond acceptors (Lipinski definition) is 6.